The Kier molecular flexibility index (Phi) is 10.1. The van der Waals surface area contributed by atoms with E-state index in [2.05, 4.69) is 6.92 Å². The Morgan fingerprint density at radius 3 is 2.05 bits per heavy atom. The zero-order valence-corrected chi connectivity index (χ0v) is 14.9. The molecule has 1 aromatic rings. The molecular weight excluding hydrogens is 296 g/mol. The number of rotatable bonds is 12. The van der Waals surface area contributed by atoms with Crippen LogP contribution in [0.15, 0.2) is 12.1 Å². The van der Waals surface area contributed by atoms with Crippen LogP contribution in [0.4, 0.5) is 0 Å². The molecule has 0 aliphatic rings. The van der Waals surface area contributed by atoms with Crippen LogP contribution >= 0.6 is 11.6 Å². The third kappa shape index (κ3) is 7.93. The van der Waals surface area contributed by atoms with Crippen molar-refractivity contribution in [2.45, 2.75) is 78.1 Å². The van der Waals surface area contributed by atoms with Crippen molar-refractivity contribution in [2.24, 2.45) is 0 Å². The second-order valence-corrected chi connectivity index (χ2v) is 6.51. The number of aryl methyl sites for hydroxylation is 1. The molecule has 0 bridgehead atoms. The lowest BCUT2D eigenvalue weighted by Crippen LogP contribution is -1.99. The first-order chi connectivity index (χ1) is 10.6. The Labute approximate surface area is 140 Å². The van der Waals surface area contributed by atoms with Crippen molar-refractivity contribution in [3.8, 4) is 11.5 Å². The van der Waals surface area contributed by atoms with Crippen LogP contribution in [0.1, 0.15) is 76.7 Å². The maximum absolute atomic E-state index is 9.59. The molecule has 0 unspecified atom stereocenters. The number of unbranched alkanes of at least 4 members (excludes halogenated alkanes) is 9. The van der Waals surface area contributed by atoms with Crippen LogP contribution in [-0.4, -0.2) is 11.7 Å². The number of aromatic hydroxyl groups is 1. The third-order valence-electron chi connectivity index (χ3n) is 4.00. The molecule has 0 spiro atoms. The van der Waals surface area contributed by atoms with Gasteiger partial charge in [-0.1, -0.05) is 76.3 Å². The molecular formula is C19H31ClO2. The molecule has 0 heterocycles. The van der Waals surface area contributed by atoms with E-state index in [9.17, 15) is 5.11 Å². The Hall–Kier alpha value is -0.890. The summed E-state index contributed by atoms with van der Waals surface area (Å²) in [7, 11) is 0. The van der Waals surface area contributed by atoms with Gasteiger partial charge in [-0.25, -0.2) is 0 Å². The van der Waals surface area contributed by atoms with Crippen LogP contribution < -0.4 is 4.74 Å². The van der Waals surface area contributed by atoms with Crippen molar-refractivity contribution in [3.63, 3.8) is 0 Å². The molecule has 1 aromatic carbocycles. The average molecular weight is 327 g/mol. The normalized spacial score (nSPS) is 10.9. The Bertz CT molecular complexity index is 418. The summed E-state index contributed by atoms with van der Waals surface area (Å²) in [5, 5.41) is 9.97. The molecule has 126 valence electrons. The van der Waals surface area contributed by atoms with E-state index in [1.54, 1.807) is 12.1 Å². The fourth-order valence-corrected chi connectivity index (χ4v) is 2.79. The van der Waals surface area contributed by atoms with Crippen molar-refractivity contribution in [2.75, 3.05) is 6.61 Å². The fraction of sp³-hybridized carbons (Fsp3) is 0.684. The highest BCUT2D eigenvalue weighted by atomic mass is 35.5. The Morgan fingerprint density at radius 1 is 0.909 bits per heavy atom. The second kappa shape index (κ2) is 11.6. The second-order valence-electron chi connectivity index (χ2n) is 6.10. The van der Waals surface area contributed by atoms with Gasteiger partial charge in [0.05, 0.1) is 11.6 Å². The van der Waals surface area contributed by atoms with E-state index in [1.165, 1.54) is 57.8 Å². The lowest BCUT2D eigenvalue weighted by Gasteiger charge is -2.10. The van der Waals surface area contributed by atoms with Gasteiger partial charge in [0, 0.05) is 6.07 Å². The largest absolute Gasteiger partial charge is 0.506 e. The molecule has 0 amide bonds. The Balaban J connectivity index is 2.01. The third-order valence-corrected chi connectivity index (χ3v) is 4.30. The molecule has 1 rings (SSSR count). The van der Waals surface area contributed by atoms with E-state index < -0.39 is 0 Å². The predicted molar refractivity (Wildman–Crippen MR) is 95.2 cm³/mol. The van der Waals surface area contributed by atoms with Gasteiger partial charge < -0.3 is 9.84 Å². The highest BCUT2D eigenvalue weighted by Crippen LogP contribution is 2.31. The van der Waals surface area contributed by atoms with Crippen molar-refractivity contribution in [1.29, 1.82) is 0 Å². The molecule has 0 aliphatic carbocycles. The summed E-state index contributed by atoms with van der Waals surface area (Å²) in [5.74, 6) is 0.822. The first kappa shape index (κ1) is 19.2. The summed E-state index contributed by atoms with van der Waals surface area (Å²) in [6.07, 6.45) is 13.2. The van der Waals surface area contributed by atoms with Gasteiger partial charge in [-0.05, 0) is 25.0 Å². The zero-order chi connectivity index (χ0) is 16.2. The molecule has 1 N–H and O–H groups in total. The van der Waals surface area contributed by atoms with Crippen LogP contribution in [0.2, 0.25) is 5.02 Å². The van der Waals surface area contributed by atoms with E-state index in [4.69, 9.17) is 16.3 Å². The number of phenolic OH excluding ortho intramolecular Hbond substituents is 1. The quantitative estimate of drug-likeness (QED) is 0.435. The maximum Gasteiger partial charge on any atom is 0.137 e. The molecule has 2 nitrogen and oxygen atoms in total. The average Bonchev–Trinajstić information content (AvgIpc) is 2.49. The van der Waals surface area contributed by atoms with E-state index in [-0.39, 0.29) is 5.75 Å². The van der Waals surface area contributed by atoms with E-state index >= 15 is 0 Å². The van der Waals surface area contributed by atoms with Crippen LogP contribution in [0.25, 0.3) is 0 Å². The predicted octanol–water partition coefficient (Wildman–Crippen LogP) is 6.65. The molecule has 0 saturated carbocycles. The standard InChI is InChI=1S/C19H31ClO2/c1-3-4-5-6-7-8-9-10-11-12-13-22-19-15-18(21)17(20)14-16(19)2/h14-15,21H,3-13H2,1-2H3. The zero-order valence-electron chi connectivity index (χ0n) is 14.2. The van der Waals surface area contributed by atoms with Crippen LogP contribution in [0.3, 0.4) is 0 Å². The number of hydrogen-bond donors (Lipinski definition) is 1. The first-order valence-corrected chi connectivity index (χ1v) is 9.15. The number of hydrogen-bond acceptors (Lipinski definition) is 2. The van der Waals surface area contributed by atoms with Crippen molar-refractivity contribution in [1.82, 2.24) is 0 Å². The van der Waals surface area contributed by atoms with Gasteiger partial charge in [-0.3, -0.25) is 0 Å². The lowest BCUT2D eigenvalue weighted by molar-refractivity contribution is 0.300. The van der Waals surface area contributed by atoms with Crippen LogP contribution in [-0.2, 0) is 0 Å². The summed E-state index contributed by atoms with van der Waals surface area (Å²) in [5.41, 5.74) is 0.967. The molecule has 3 heteroatoms. The number of benzene rings is 1. The molecule has 0 atom stereocenters. The molecule has 0 radical (unpaired) electrons. The maximum atomic E-state index is 9.59. The lowest BCUT2D eigenvalue weighted by atomic mass is 10.1. The van der Waals surface area contributed by atoms with E-state index in [1.807, 2.05) is 6.92 Å². The molecule has 0 fully saturated rings. The summed E-state index contributed by atoms with van der Waals surface area (Å²) in [6.45, 7) is 4.91. The molecule has 0 aliphatic heterocycles. The van der Waals surface area contributed by atoms with E-state index in [0.717, 1.165) is 17.7 Å². The number of phenols is 1. The molecule has 0 aromatic heterocycles. The van der Waals surface area contributed by atoms with Crippen molar-refractivity contribution < 1.29 is 9.84 Å². The van der Waals surface area contributed by atoms with Gasteiger partial charge in [0.15, 0.2) is 0 Å². The minimum Gasteiger partial charge on any atom is -0.506 e. The highest BCUT2D eigenvalue weighted by molar-refractivity contribution is 6.32. The molecule has 22 heavy (non-hydrogen) atoms. The minimum atomic E-state index is 0.0883. The van der Waals surface area contributed by atoms with Gasteiger partial charge in [-0.15, -0.1) is 0 Å². The van der Waals surface area contributed by atoms with Crippen molar-refractivity contribution >= 4 is 11.6 Å². The summed E-state index contributed by atoms with van der Waals surface area (Å²) >= 11 is 5.85. The van der Waals surface area contributed by atoms with E-state index in [0.29, 0.717) is 11.6 Å². The van der Waals surface area contributed by atoms with Crippen LogP contribution in [0, 0.1) is 6.92 Å². The smallest absolute Gasteiger partial charge is 0.137 e. The number of halogens is 1. The van der Waals surface area contributed by atoms with Crippen molar-refractivity contribution in [3.05, 3.63) is 22.7 Å². The monoisotopic (exact) mass is 326 g/mol. The first-order valence-electron chi connectivity index (χ1n) is 8.77. The summed E-state index contributed by atoms with van der Waals surface area (Å²) in [4.78, 5) is 0. The topological polar surface area (TPSA) is 29.5 Å². The molecule has 0 saturated heterocycles. The van der Waals surface area contributed by atoms with Gasteiger partial charge in [-0.2, -0.15) is 0 Å². The van der Waals surface area contributed by atoms with Gasteiger partial charge in [0.2, 0.25) is 0 Å². The van der Waals surface area contributed by atoms with Crippen LogP contribution in [0.5, 0.6) is 11.5 Å². The highest BCUT2D eigenvalue weighted by Gasteiger charge is 2.05. The summed E-state index contributed by atoms with van der Waals surface area (Å²) in [6, 6.07) is 3.35. The minimum absolute atomic E-state index is 0.0883. The number of ether oxygens (including phenoxy) is 1. The van der Waals surface area contributed by atoms with Gasteiger partial charge in [0.25, 0.3) is 0 Å². The fourth-order valence-electron chi connectivity index (χ4n) is 2.57. The SMILES string of the molecule is CCCCCCCCCCCCOc1cc(O)c(Cl)cc1C. The van der Waals surface area contributed by atoms with Gasteiger partial charge >= 0.3 is 0 Å². The van der Waals surface area contributed by atoms with Gasteiger partial charge in [0.1, 0.15) is 11.5 Å². The summed E-state index contributed by atoms with van der Waals surface area (Å²) < 4.78 is 5.73. The Morgan fingerprint density at radius 2 is 1.45 bits per heavy atom.